The number of benzene rings is 1. The molecule has 0 unspecified atom stereocenters. The summed E-state index contributed by atoms with van der Waals surface area (Å²) in [5, 5.41) is 0. The summed E-state index contributed by atoms with van der Waals surface area (Å²) in [6.45, 7) is 6.75. The maximum Gasteiger partial charge on any atom is 0.269 e. The summed E-state index contributed by atoms with van der Waals surface area (Å²) in [7, 11) is 3.04. The molecule has 2 N–H and O–H groups in total. The smallest absolute Gasteiger partial charge is 0.269 e. The quantitative estimate of drug-likeness (QED) is 0.806. The number of hydrazine groups is 1. The zero-order chi connectivity index (χ0) is 19.3. The highest BCUT2D eigenvalue weighted by atomic mass is 16.5. The molecule has 0 aromatic heterocycles. The predicted octanol–water partition coefficient (Wildman–Crippen LogP) is 3.32. The zero-order valence-corrected chi connectivity index (χ0v) is 16.3. The Kier molecular flexibility index (Phi) is 6.51. The summed E-state index contributed by atoms with van der Waals surface area (Å²) in [4.78, 5) is 24.7. The first-order valence-electron chi connectivity index (χ1n) is 9.08. The van der Waals surface area contributed by atoms with Crippen LogP contribution in [0.4, 0.5) is 0 Å². The molecule has 1 aliphatic carbocycles. The molecule has 1 aliphatic rings. The van der Waals surface area contributed by atoms with Crippen LogP contribution in [0, 0.1) is 17.3 Å². The van der Waals surface area contributed by atoms with E-state index in [-0.39, 0.29) is 17.2 Å². The van der Waals surface area contributed by atoms with Crippen molar-refractivity contribution in [2.24, 2.45) is 17.3 Å². The number of amides is 2. The van der Waals surface area contributed by atoms with Crippen LogP contribution in [0.5, 0.6) is 11.5 Å². The van der Waals surface area contributed by atoms with Gasteiger partial charge in [-0.25, -0.2) is 0 Å². The lowest BCUT2D eigenvalue weighted by molar-refractivity contribution is -0.127. The van der Waals surface area contributed by atoms with Crippen molar-refractivity contribution in [3.8, 4) is 11.5 Å². The number of carbonyl (C=O) groups is 2. The molecule has 0 spiro atoms. The molecule has 1 aromatic rings. The van der Waals surface area contributed by atoms with Gasteiger partial charge in [-0.05, 0) is 49.1 Å². The number of nitrogens with one attached hydrogen (secondary N) is 2. The number of hydrogen-bond acceptors (Lipinski definition) is 4. The van der Waals surface area contributed by atoms with Crippen LogP contribution >= 0.6 is 0 Å². The van der Waals surface area contributed by atoms with E-state index in [1.54, 1.807) is 18.2 Å². The first-order chi connectivity index (χ1) is 12.2. The van der Waals surface area contributed by atoms with Crippen molar-refractivity contribution in [3.05, 3.63) is 23.8 Å². The van der Waals surface area contributed by atoms with E-state index in [1.807, 2.05) is 0 Å². The highest BCUT2D eigenvalue weighted by Gasteiger charge is 2.32. The summed E-state index contributed by atoms with van der Waals surface area (Å²) in [5.74, 6) is 1.10. The predicted molar refractivity (Wildman–Crippen MR) is 100 cm³/mol. The van der Waals surface area contributed by atoms with E-state index in [0.717, 1.165) is 25.7 Å². The third-order valence-corrected chi connectivity index (χ3v) is 5.24. The van der Waals surface area contributed by atoms with Gasteiger partial charge in [-0.15, -0.1) is 0 Å². The molecule has 6 nitrogen and oxygen atoms in total. The minimum Gasteiger partial charge on any atom is -0.497 e. The molecule has 0 radical (unpaired) electrons. The van der Waals surface area contributed by atoms with Crippen LogP contribution in [0.3, 0.4) is 0 Å². The lowest BCUT2D eigenvalue weighted by atomic mass is 9.70. The minimum atomic E-state index is -0.404. The van der Waals surface area contributed by atoms with E-state index in [4.69, 9.17) is 9.47 Å². The normalized spacial score (nSPS) is 20.2. The maximum absolute atomic E-state index is 12.4. The second-order valence-electron chi connectivity index (χ2n) is 7.96. The molecule has 2 rings (SSSR count). The van der Waals surface area contributed by atoms with Gasteiger partial charge < -0.3 is 9.47 Å². The molecule has 6 heteroatoms. The molecule has 0 aliphatic heterocycles. The third-order valence-electron chi connectivity index (χ3n) is 5.24. The number of ether oxygens (including phenoxy) is 2. The molecule has 1 saturated carbocycles. The maximum atomic E-state index is 12.4. The van der Waals surface area contributed by atoms with Crippen molar-refractivity contribution >= 4 is 11.8 Å². The lowest BCUT2D eigenvalue weighted by Gasteiger charge is -2.36. The van der Waals surface area contributed by atoms with Gasteiger partial charge in [0.05, 0.1) is 14.2 Å². The van der Waals surface area contributed by atoms with Crippen molar-refractivity contribution in [2.45, 2.75) is 46.5 Å². The van der Waals surface area contributed by atoms with Crippen LogP contribution in [0.25, 0.3) is 0 Å². The Morgan fingerprint density at radius 2 is 1.46 bits per heavy atom. The van der Waals surface area contributed by atoms with E-state index in [9.17, 15) is 9.59 Å². The van der Waals surface area contributed by atoms with E-state index in [2.05, 4.69) is 31.6 Å². The van der Waals surface area contributed by atoms with Crippen LogP contribution in [-0.4, -0.2) is 26.0 Å². The van der Waals surface area contributed by atoms with Gasteiger partial charge in [0.2, 0.25) is 5.91 Å². The molecule has 144 valence electrons. The van der Waals surface area contributed by atoms with Crippen LogP contribution in [0.15, 0.2) is 18.2 Å². The fourth-order valence-corrected chi connectivity index (χ4v) is 3.45. The Morgan fingerprint density at radius 3 is 1.92 bits per heavy atom. The summed E-state index contributed by atoms with van der Waals surface area (Å²) in [5.41, 5.74) is 5.69. The van der Waals surface area contributed by atoms with E-state index in [1.165, 1.54) is 14.2 Å². The fraction of sp³-hybridized carbons (Fsp3) is 0.600. The summed E-state index contributed by atoms with van der Waals surface area (Å²) in [6.07, 6.45) is 3.80. The van der Waals surface area contributed by atoms with Crippen LogP contribution in [0.1, 0.15) is 56.8 Å². The molecule has 1 aromatic carbocycles. The standard InChI is InChI=1S/C20H30N2O4/c1-20(2,3)15-8-6-13(7-9-15)18(23)21-22-19(24)14-10-16(25-4)12-17(11-14)26-5/h10-13,15H,6-9H2,1-5H3,(H,21,23)(H,22,24). The van der Waals surface area contributed by atoms with Crippen LogP contribution < -0.4 is 20.3 Å². The van der Waals surface area contributed by atoms with Crippen molar-refractivity contribution < 1.29 is 19.1 Å². The first-order valence-corrected chi connectivity index (χ1v) is 9.08. The van der Waals surface area contributed by atoms with Gasteiger partial charge in [-0.1, -0.05) is 20.8 Å². The fourth-order valence-electron chi connectivity index (χ4n) is 3.45. The van der Waals surface area contributed by atoms with E-state index < -0.39 is 5.91 Å². The molecular formula is C20H30N2O4. The number of carbonyl (C=O) groups excluding carboxylic acids is 2. The Hall–Kier alpha value is -2.24. The molecule has 26 heavy (non-hydrogen) atoms. The molecule has 0 atom stereocenters. The number of hydrogen-bond donors (Lipinski definition) is 2. The van der Waals surface area contributed by atoms with Gasteiger partial charge in [0.1, 0.15) is 11.5 Å². The lowest BCUT2D eigenvalue weighted by Crippen LogP contribution is -2.45. The van der Waals surface area contributed by atoms with Gasteiger partial charge in [-0.3, -0.25) is 20.4 Å². The summed E-state index contributed by atoms with van der Waals surface area (Å²) >= 11 is 0. The highest BCUT2D eigenvalue weighted by Crippen LogP contribution is 2.39. The van der Waals surface area contributed by atoms with Gasteiger partial charge >= 0.3 is 0 Å². The average molecular weight is 362 g/mol. The largest absolute Gasteiger partial charge is 0.497 e. The second kappa shape index (κ2) is 8.43. The molecule has 1 fully saturated rings. The van der Waals surface area contributed by atoms with Crippen molar-refractivity contribution in [2.75, 3.05) is 14.2 Å². The van der Waals surface area contributed by atoms with Crippen LogP contribution in [0.2, 0.25) is 0 Å². The first kappa shape index (κ1) is 20.1. The SMILES string of the molecule is COc1cc(OC)cc(C(=O)NNC(=O)C2CCC(C(C)(C)C)CC2)c1. The van der Waals surface area contributed by atoms with Crippen LogP contribution in [-0.2, 0) is 4.79 Å². The zero-order valence-electron chi connectivity index (χ0n) is 16.3. The van der Waals surface area contributed by atoms with Gasteiger partial charge in [-0.2, -0.15) is 0 Å². The van der Waals surface area contributed by atoms with Gasteiger partial charge in [0, 0.05) is 17.5 Å². The molecule has 0 bridgehead atoms. The monoisotopic (exact) mass is 362 g/mol. The number of methoxy groups -OCH3 is 2. The van der Waals surface area contributed by atoms with Gasteiger partial charge in [0.25, 0.3) is 5.91 Å². The van der Waals surface area contributed by atoms with Gasteiger partial charge in [0.15, 0.2) is 0 Å². The van der Waals surface area contributed by atoms with Crippen molar-refractivity contribution in [1.82, 2.24) is 10.9 Å². The molecule has 0 heterocycles. The Labute approximate surface area is 155 Å². The van der Waals surface area contributed by atoms with E-state index >= 15 is 0 Å². The average Bonchev–Trinajstić information content (AvgIpc) is 2.64. The molecule has 0 saturated heterocycles. The summed E-state index contributed by atoms with van der Waals surface area (Å²) < 4.78 is 10.3. The third kappa shape index (κ3) is 5.13. The Morgan fingerprint density at radius 1 is 0.923 bits per heavy atom. The minimum absolute atomic E-state index is 0.0475. The molecular weight excluding hydrogens is 332 g/mol. The molecule has 2 amide bonds. The number of rotatable bonds is 4. The topological polar surface area (TPSA) is 76.7 Å². The van der Waals surface area contributed by atoms with Crippen molar-refractivity contribution in [3.63, 3.8) is 0 Å². The van der Waals surface area contributed by atoms with E-state index in [0.29, 0.717) is 23.0 Å². The second-order valence-corrected chi connectivity index (χ2v) is 7.96. The Balaban J connectivity index is 1.89. The van der Waals surface area contributed by atoms with Crippen molar-refractivity contribution in [1.29, 1.82) is 0 Å². The Bertz CT molecular complexity index is 621. The summed E-state index contributed by atoms with van der Waals surface area (Å²) in [6, 6.07) is 4.88. The highest BCUT2D eigenvalue weighted by molar-refractivity contribution is 5.96.